The molecule has 2 saturated heterocycles. The third-order valence-electron chi connectivity index (χ3n) is 6.04. The van der Waals surface area contributed by atoms with Gasteiger partial charge < -0.3 is 10.2 Å². The summed E-state index contributed by atoms with van der Waals surface area (Å²) in [5.74, 6) is 1.42. The molecule has 8 heteroatoms. The molecule has 1 N–H and O–H groups in total. The Morgan fingerprint density at radius 3 is 2.58 bits per heavy atom. The van der Waals surface area contributed by atoms with Crippen molar-refractivity contribution in [2.75, 3.05) is 25.4 Å². The van der Waals surface area contributed by atoms with Gasteiger partial charge in [-0.05, 0) is 5.56 Å². The number of hydrogen-bond acceptors (Lipinski definition) is 6. The Morgan fingerprint density at radius 1 is 1.03 bits per heavy atom. The lowest BCUT2D eigenvalue weighted by Gasteiger charge is -2.45. The second-order valence-electron chi connectivity index (χ2n) is 8.34. The van der Waals surface area contributed by atoms with Crippen LogP contribution in [0.5, 0.6) is 0 Å². The van der Waals surface area contributed by atoms with Crippen molar-refractivity contribution < 1.29 is 9.59 Å². The molecular weight excluding hydrogens is 452 g/mol. The highest BCUT2D eigenvalue weighted by Crippen LogP contribution is 2.25. The Morgan fingerprint density at radius 2 is 1.79 bits per heavy atom. The first-order valence-corrected chi connectivity index (χ1v) is 13.2. The van der Waals surface area contributed by atoms with Crippen LogP contribution >= 0.6 is 23.1 Å². The van der Waals surface area contributed by atoms with Gasteiger partial charge in [-0.3, -0.25) is 14.5 Å². The topological polar surface area (TPSA) is 65.5 Å². The van der Waals surface area contributed by atoms with Crippen molar-refractivity contribution in [3.63, 3.8) is 0 Å². The lowest BCUT2D eigenvalue weighted by molar-refractivity contribution is -0.152. The average molecular weight is 479 g/mol. The van der Waals surface area contributed by atoms with E-state index >= 15 is 0 Å². The van der Waals surface area contributed by atoms with Crippen LogP contribution in [0.1, 0.15) is 10.6 Å². The number of nitrogens with one attached hydrogen (secondary N) is 1. The molecule has 170 valence electrons. The molecule has 0 unspecified atom stereocenters. The third-order valence-corrected chi connectivity index (χ3v) is 7.98. The number of thioether (sulfide) groups is 1. The molecule has 2 atom stereocenters. The number of rotatable bonds is 7. The molecule has 2 aliphatic heterocycles. The number of carbonyl (C=O) groups excluding carboxylic acids is 2. The van der Waals surface area contributed by atoms with E-state index in [4.69, 9.17) is 4.98 Å². The van der Waals surface area contributed by atoms with Gasteiger partial charge in [-0.15, -0.1) is 11.3 Å². The fourth-order valence-corrected chi connectivity index (χ4v) is 6.15. The number of hydrogen-bond donors (Lipinski definition) is 1. The number of carbonyl (C=O) groups is 2. The normalized spacial score (nSPS) is 21.0. The van der Waals surface area contributed by atoms with Crippen LogP contribution in [0.15, 0.2) is 66.0 Å². The molecule has 3 heterocycles. The van der Waals surface area contributed by atoms with Crippen LogP contribution in [0.4, 0.5) is 0 Å². The minimum absolute atomic E-state index is 0.0421. The summed E-state index contributed by atoms with van der Waals surface area (Å²) in [6, 6.07) is 19.5. The highest BCUT2D eigenvalue weighted by Gasteiger charge is 2.43. The molecule has 2 aromatic carbocycles. The first-order chi connectivity index (χ1) is 16.2. The monoisotopic (exact) mass is 478 g/mol. The SMILES string of the molecule is O=C1N[C@@H](CSCc2ccccc2)C(=O)N2CCN(Cc3nc(-c4ccccc4)cs3)C[C@H]12. The number of piperazine rings is 2. The summed E-state index contributed by atoms with van der Waals surface area (Å²) in [6.07, 6.45) is 0. The number of aromatic nitrogens is 1. The van der Waals surface area contributed by atoms with Gasteiger partial charge in [0.2, 0.25) is 11.8 Å². The van der Waals surface area contributed by atoms with Gasteiger partial charge >= 0.3 is 0 Å². The molecular formula is C25H26N4O2S2. The zero-order chi connectivity index (χ0) is 22.6. The minimum atomic E-state index is -0.443. The van der Waals surface area contributed by atoms with Gasteiger partial charge in [0.1, 0.15) is 17.1 Å². The number of fused-ring (bicyclic) bond motifs is 1. The molecule has 6 nitrogen and oxygen atoms in total. The van der Waals surface area contributed by atoms with Gasteiger partial charge in [-0.1, -0.05) is 60.7 Å². The van der Waals surface area contributed by atoms with Crippen LogP contribution in [0.2, 0.25) is 0 Å². The van der Waals surface area contributed by atoms with Gasteiger partial charge in [0.25, 0.3) is 0 Å². The van der Waals surface area contributed by atoms with E-state index in [1.54, 1.807) is 28.0 Å². The lowest BCUT2D eigenvalue weighted by atomic mass is 10.0. The van der Waals surface area contributed by atoms with Crippen LogP contribution in [0.25, 0.3) is 11.3 Å². The Hall–Kier alpha value is -2.68. The predicted molar refractivity (Wildman–Crippen MR) is 133 cm³/mol. The molecule has 1 aromatic heterocycles. The molecule has 0 aliphatic carbocycles. The van der Waals surface area contributed by atoms with Crippen LogP contribution in [-0.2, 0) is 21.9 Å². The fourth-order valence-electron chi connectivity index (χ4n) is 4.30. The number of amides is 2. The summed E-state index contributed by atoms with van der Waals surface area (Å²) in [7, 11) is 0. The van der Waals surface area contributed by atoms with E-state index in [0.29, 0.717) is 25.4 Å². The number of nitrogens with zero attached hydrogens (tertiary/aromatic N) is 3. The van der Waals surface area contributed by atoms with Crippen LogP contribution in [-0.4, -0.2) is 64.1 Å². The number of thiazole rings is 1. The van der Waals surface area contributed by atoms with Crippen molar-refractivity contribution in [1.29, 1.82) is 0 Å². The highest BCUT2D eigenvalue weighted by molar-refractivity contribution is 7.98. The van der Waals surface area contributed by atoms with E-state index in [1.807, 2.05) is 36.4 Å². The molecule has 3 aromatic rings. The summed E-state index contributed by atoms with van der Waals surface area (Å²) in [5, 5.41) is 6.08. The van der Waals surface area contributed by atoms with Crippen LogP contribution in [0.3, 0.4) is 0 Å². The molecule has 0 bridgehead atoms. The van der Waals surface area contributed by atoms with Crippen molar-refractivity contribution in [3.8, 4) is 11.3 Å². The van der Waals surface area contributed by atoms with Gasteiger partial charge in [-0.2, -0.15) is 11.8 Å². The van der Waals surface area contributed by atoms with E-state index in [1.165, 1.54) is 5.56 Å². The van der Waals surface area contributed by atoms with E-state index in [9.17, 15) is 9.59 Å². The Kier molecular flexibility index (Phi) is 6.75. The quantitative estimate of drug-likeness (QED) is 0.565. The second kappa shape index (κ2) is 10.1. The van der Waals surface area contributed by atoms with Gasteiger partial charge in [0.15, 0.2) is 0 Å². The molecule has 0 saturated carbocycles. The van der Waals surface area contributed by atoms with Gasteiger partial charge in [-0.25, -0.2) is 4.98 Å². The summed E-state index contributed by atoms with van der Waals surface area (Å²) < 4.78 is 0. The maximum absolute atomic E-state index is 13.0. The highest BCUT2D eigenvalue weighted by atomic mass is 32.2. The Balaban J connectivity index is 1.16. The maximum Gasteiger partial charge on any atom is 0.246 e. The summed E-state index contributed by atoms with van der Waals surface area (Å²) in [4.78, 5) is 34.7. The van der Waals surface area contributed by atoms with Gasteiger partial charge in [0, 0.05) is 42.1 Å². The summed E-state index contributed by atoms with van der Waals surface area (Å²) >= 11 is 3.32. The Bertz CT molecular complexity index is 1110. The fraction of sp³-hybridized carbons (Fsp3) is 0.320. The van der Waals surface area contributed by atoms with Crippen molar-refractivity contribution >= 4 is 34.9 Å². The number of benzene rings is 2. The van der Waals surface area contributed by atoms with E-state index in [0.717, 1.165) is 28.6 Å². The molecule has 33 heavy (non-hydrogen) atoms. The minimum Gasteiger partial charge on any atom is -0.342 e. The Labute approximate surface area is 202 Å². The molecule has 0 spiro atoms. The van der Waals surface area contributed by atoms with Gasteiger partial charge in [0.05, 0.1) is 12.2 Å². The lowest BCUT2D eigenvalue weighted by Crippen LogP contribution is -2.69. The zero-order valence-corrected chi connectivity index (χ0v) is 19.9. The third kappa shape index (κ3) is 5.13. The predicted octanol–water partition coefficient (Wildman–Crippen LogP) is 3.25. The summed E-state index contributed by atoms with van der Waals surface area (Å²) in [6.45, 7) is 2.56. The smallest absolute Gasteiger partial charge is 0.246 e. The zero-order valence-electron chi connectivity index (χ0n) is 18.2. The largest absolute Gasteiger partial charge is 0.342 e. The van der Waals surface area contributed by atoms with Crippen LogP contribution < -0.4 is 5.32 Å². The first kappa shape index (κ1) is 22.1. The van der Waals surface area contributed by atoms with Crippen molar-refractivity contribution in [2.24, 2.45) is 0 Å². The standard InChI is InChI=1S/C25H26N4O2S2/c30-24-22-13-28(14-23-26-20(17-33-23)19-9-5-2-6-10-19)11-12-29(22)25(31)21(27-24)16-32-15-18-7-3-1-4-8-18/h1-10,17,21-22H,11-16H2,(H,27,30)/t21-,22+/m0/s1. The molecule has 2 amide bonds. The van der Waals surface area contributed by atoms with E-state index < -0.39 is 12.1 Å². The van der Waals surface area contributed by atoms with Crippen molar-refractivity contribution in [2.45, 2.75) is 24.4 Å². The van der Waals surface area contributed by atoms with E-state index in [-0.39, 0.29) is 11.8 Å². The van der Waals surface area contributed by atoms with Crippen molar-refractivity contribution in [3.05, 3.63) is 76.6 Å². The van der Waals surface area contributed by atoms with Crippen LogP contribution in [0, 0.1) is 0 Å². The summed E-state index contributed by atoms with van der Waals surface area (Å²) in [5.41, 5.74) is 3.31. The molecule has 0 radical (unpaired) electrons. The molecule has 2 aliphatic rings. The average Bonchev–Trinajstić information content (AvgIpc) is 3.32. The molecule has 2 fully saturated rings. The first-order valence-electron chi connectivity index (χ1n) is 11.1. The molecule has 5 rings (SSSR count). The maximum atomic E-state index is 13.0. The second-order valence-corrected chi connectivity index (χ2v) is 10.3. The van der Waals surface area contributed by atoms with Crippen molar-refractivity contribution in [1.82, 2.24) is 20.1 Å². The van der Waals surface area contributed by atoms with E-state index in [2.05, 4.69) is 39.9 Å².